The molecule has 0 heterocycles. The number of carboxylic acids is 1. The minimum atomic E-state index is -2.06. The molecule has 0 aliphatic heterocycles. The van der Waals surface area contributed by atoms with Crippen LogP contribution in [0.25, 0.3) is 0 Å². The first-order chi connectivity index (χ1) is 13.1. The number of aliphatic carboxylic acids is 1. The first kappa shape index (κ1) is 31.4. The lowest BCUT2D eigenvalue weighted by Gasteiger charge is -2.27. The Bertz CT molecular complexity index is 433. The molecule has 10 heteroatoms. The molecule has 1 radical (unpaired) electrons. The quantitative estimate of drug-likeness (QED) is 0.210. The lowest BCUT2D eigenvalue weighted by Crippen LogP contribution is -2.35. The van der Waals surface area contributed by atoms with Gasteiger partial charge in [0.2, 0.25) is 0 Å². The minimum Gasteiger partial charge on any atom is -0.478 e. The summed E-state index contributed by atoms with van der Waals surface area (Å²) in [7, 11) is 1.82. The standard InChI is InChI=1S/C8H16O4Si.C7H17O2Si.C3H4O2/c1-5-6-12-8(9)7(2)13(10-3)11-4;1-4-7(10,8-5-2)9-6-3;1-2-3(4)5/h13H,2,5-6H2,1,3-4H3;1,4-6H2,2-3,10H3;2H,1H2,(H,4,5). The van der Waals surface area contributed by atoms with Crippen molar-refractivity contribution < 1.29 is 37.8 Å². The Morgan fingerprint density at radius 1 is 1.14 bits per heavy atom. The molecule has 0 unspecified atom stereocenters. The molecule has 0 saturated carbocycles. The van der Waals surface area contributed by atoms with E-state index in [2.05, 4.69) is 20.1 Å². The third kappa shape index (κ3) is 18.1. The molecule has 28 heavy (non-hydrogen) atoms. The number of esters is 1. The molecule has 1 N–H and O–H groups in total. The maximum absolute atomic E-state index is 11.2. The molecule has 8 nitrogen and oxygen atoms in total. The molecule has 0 rings (SSSR count). The van der Waals surface area contributed by atoms with Gasteiger partial charge in [0.1, 0.15) is 5.41 Å². The van der Waals surface area contributed by atoms with Gasteiger partial charge in [-0.25, -0.2) is 9.59 Å². The summed E-state index contributed by atoms with van der Waals surface area (Å²) >= 11 is 0. The summed E-state index contributed by atoms with van der Waals surface area (Å²) in [6.45, 7) is 18.0. The van der Waals surface area contributed by atoms with E-state index in [1.54, 1.807) is 0 Å². The van der Waals surface area contributed by atoms with E-state index in [1.807, 2.05) is 20.8 Å². The lowest BCUT2D eigenvalue weighted by atomic mass is 10.4. The third-order valence-corrected chi connectivity index (χ3v) is 5.68. The maximum atomic E-state index is 11.2. The van der Waals surface area contributed by atoms with Gasteiger partial charge >= 0.3 is 21.2 Å². The van der Waals surface area contributed by atoms with Crippen LogP contribution in [0.5, 0.6) is 0 Å². The SMILES string of the molecule is C=C(C(=O)OCCC)[SiH](OC)OC.C=CC(=O)O.[CH2]CC([SiH3])(OCC)OCC. The highest BCUT2D eigenvalue weighted by atomic mass is 28.3. The molecule has 0 aromatic carbocycles. The fourth-order valence-electron chi connectivity index (χ4n) is 1.56. The Labute approximate surface area is 174 Å². The monoisotopic (exact) mass is 437 g/mol. The average molecular weight is 438 g/mol. The normalized spacial score (nSPS) is 10.2. The van der Waals surface area contributed by atoms with E-state index < -0.39 is 21.2 Å². The second-order valence-electron chi connectivity index (χ2n) is 5.26. The number of hydrogen-bond acceptors (Lipinski definition) is 7. The van der Waals surface area contributed by atoms with Gasteiger partial charge in [-0.3, -0.25) is 0 Å². The summed E-state index contributed by atoms with van der Waals surface area (Å²) in [5.74, 6) is -1.40. The summed E-state index contributed by atoms with van der Waals surface area (Å²) in [5.41, 5.74) is -0.330. The van der Waals surface area contributed by atoms with Crippen LogP contribution in [0, 0.1) is 6.92 Å². The van der Waals surface area contributed by atoms with Crippen molar-refractivity contribution >= 4 is 31.5 Å². The van der Waals surface area contributed by atoms with Crippen LogP contribution in [0.4, 0.5) is 0 Å². The highest BCUT2D eigenvalue weighted by Gasteiger charge is 2.22. The van der Waals surface area contributed by atoms with Crippen molar-refractivity contribution in [2.45, 2.75) is 39.0 Å². The highest BCUT2D eigenvalue weighted by Crippen LogP contribution is 2.11. The predicted octanol–water partition coefficient (Wildman–Crippen LogP) is 1.11. The van der Waals surface area contributed by atoms with Crippen molar-refractivity contribution in [1.29, 1.82) is 0 Å². The van der Waals surface area contributed by atoms with Crippen molar-refractivity contribution in [3.8, 4) is 0 Å². The Morgan fingerprint density at radius 3 is 1.82 bits per heavy atom. The average Bonchev–Trinajstić information content (AvgIpc) is 2.68. The molecule has 0 fully saturated rings. The van der Waals surface area contributed by atoms with Crippen LogP contribution in [0.15, 0.2) is 24.4 Å². The minimum absolute atomic E-state index is 0.318. The number of ether oxygens (including phenoxy) is 3. The van der Waals surface area contributed by atoms with Gasteiger partial charge in [-0.15, -0.1) is 0 Å². The van der Waals surface area contributed by atoms with E-state index in [4.69, 9.17) is 28.2 Å². The van der Waals surface area contributed by atoms with Crippen molar-refractivity contribution in [3.63, 3.8) is 0 Å². The fraction of sp³-hybridized carbons (Fsp3) is 0.611. The lowest BCUT2D eigenvalue weighted by molar-refractivity contribution is -0.170. The van der Waals surface area contributed by atoms with Gasteiger partial charge < -0.3 is 28.2 Å². The van der Waals surface area contributed by atoms with E-state index in [9.17, 15) is 9.59 Å². The first-order valence-corrected chi connectivity index (χ1v) is 11.5. The molecule has 0 amide bonds. The Balaban J connectivity index is -0.000000368. The molecule has 0 aliphatic rings. The summed E-state index contributed by atoms with van der Waals surface area (Å²) < 4.78 is 25.6. The summed E-state index contributed by atoms with van der Waals surface area (Å²) in [6.07, 6.45) is 2.34. The van der Waals surface area contributed by atoms with Gasteiger partial charge in [-0.1, -0.05) is 20.1 Å². The van der Waals surface area contributed by atoms with Crippen LogP contribution in [0.2, 0.25) is 0 Å². The molecule has 0 spiro atoms. The molecule has 165 valence electrons. The molecule has 0 atom stereocenters. The molecule has 0 saturated heterocycles. The van der Waals surface area contributed by atoms with Crippen LogP contribution in [-0.4, -0.2) is 76.0 Å². The third-order valence-electron chi connectivity index (χ3n) is 2.94. The van der Waals surface area contributed by atoms with E-state index in [1.165, 1.54) is 14.2 Å². The van der Waals surface area contributed by atoms with Gasteiger partial charge in [0.25, 0.3) is 0 Å². The molecule has 0 aromatic rings. The number of carbonyl (C=O) groups excluding carboxylic acids is 1. The van der Waals surface area contributed by atoms with Gasteiger partial charge in [0.15, 0.2) is 0 Å². The second-order valence-corrected chi connectivity index (χ2v) is 9.08. The van der Waals surface area contributed by atoms with Crippen LogP contribution >= 0.6 is 0 Å². The summed E-state index contributed by atoms with van der Waals surface area (Å²) in [5, 5.41) is 7.92. The Kier molecular flexibility index (Phi) is 22.9. The molecule has 0 aromatic heterocycles. The first-order valence-electron chi connectivity index (χ1n) is 8.96. The van der Waals surface area contributed by atoms with Crippen LogP contribution in [0.1, 0.15) is 33.6 Å². The van der Waals surface area contributed by atoms with Crippen molar-refractivity contribution in [2.24, 2.45) is 0 Å². The van der Waals surface area contributed by atoms with Gasteiger partial charge in [-0.05, 0) is 33.6 Å². The molecular weight excluding hydrogens is 400 g/mol. The van der Waals surface area contributed by atoms with E-state index in [0.717, 1.165) is 22.7 Å². The number of carbonyl (C=O) groups is 2. The Morgan fingerprint density at radius 2 is 1.57 bits per heavy atom. The zero-order valence-corrected chi connectivity index (χ0v) is 21.3. The highest BCUT2D eigenvalue weighted by molar-refractivity contribution is 6.60. The molecular formula is C18H37O8Si2. The maximum Gasteiger partial charge on any atom is 0.362 e. The number of rotatable bonds is 12. The van der Waals surface area contributed by atoms with Crippen molar-refractivity contribution in [2.75, 3.05) is 34.0 Å². The molecule has 0 aliphatic carbocycles. The van der Waals surface area contributed by atoms with Crippen molar-refractivity contribution in [3.05, 3.63) is 31.4 Å². The van der Waals surface area contributed by atoms with Gasteiger partial charge in [0, 0.05) is 33.5 Å². The van der Waals surface area contributed by atoms with E-state index >= 15 is 0 Å². The van der Waals surface area contributed by atoms with E-state index in [-0.39, 0.29) is 5.41 Å². The number of hydrogen-bond donors (Lipinski definition) is 1. The van der Waals surface area contributed by atoms with Crippen molar-refractivity contribution in [1.82, 2.24) is 0 Å². The van der Waals surface area contributed by atoms with Crippen LogP contribution in [0.3, 0.4) is 0 Å². The van der Waals surface area contributed by atoms with Gasteiger partial charge in [-0.2, -0.15) is 0 Å². The summed E-state index contributed by atoms with van der Waals surface area (Å²) in [4.78, 5) is 20.5. The number of carboxylic acid groups (broad SMARTS) is 1. The largest absolute Gasteiger partial charge is 0.478 e. The fourth-order valence-corrected chi connectivity index (χ4v) is 3.18. The van der Waals surface area contributed by atoms with Crippen LogP contribution < -0.4 is 0 Å². The zero-order valence-electron chi connectivity index (χ0n) is 18.1. The topological polar surface area (TPSA) is 101 Å². The second kappa shape index (κ2) is 20.4. The summed E-state index contributed by atoms with van der Waals surface area (Å²) in [6, 6.07) is 0. The smallest absolute Gasteiger partial charge is 0.362 e. The van der Waals surface area contributed by atoms with Gasteiger partial charge in [0.05, 0.1) is 22.0 Å². The van der Waals surface area contributed by atoms with Crippen LogP contribution in [-0.2, 0) is 32.7 Å². The predicted molar refractivity (Wildman–Crippen MR) is 115 cm³/mol. The molecule has 0 bridgehead atoms. The van der Waals surface area contributed by atoms with E-state index in [0.29, 0.717) is 31.4 Å². The zero-order chi connectivity index (χ0) is 22.6. The Hall–Kier alpha value is -1.31.